The van der Waals surface area contributed by atoms with Crippen molar-refractivity contribution in [1.82, 2.24) is 9.97 Å². The molecule has 0 saturated carbocycles. The van der Waals surface area contributed by atoms with Crippen LogP contribution >= 0.6 is 23.4 Å². The summed E-state index contributed by atoms with van der Waals surface area (Å²) in [4.78, 5) is 19.5. The van der Waals surface area contributed by atoms with E-state index in [9.17, 15) is 4.79 Å². The van der Waals surface area contributed by atoms with E-state index >= 15 is 0 Å². The van der Waals surface area contributed by atoms with Crippen molar-refractivity contribution in [1.29, 1.82) is 0 Å². The van der Waals surface area contributed by atoms with Crippen LogP contribution in [0.25, 0.3) is 0 Å². The topological polar surface area (TPSA) is 45.8 Å². The summed E-state index contributed by atoms with van der Waals surface area (Å²) >= 11 is 7.45. The first kappa shape index (κ1) is 15.1. The summed E-state index contributed by atoms with van der Waals surface area (Å²) in [6, 6.07) is 7.53. The molecule has 1 N–H and O–H groups in total. The van der Waals surface area contributed by atoms with Gasteiger partial charge in [0.05, 0.1) is 0 Å². The first-order chi connectivity index (χ1) is 9.60. The molecule has 0 atom stereocenters. The van der Waals surface area contributed by atoms with Crippen LogP contribution in [0, 0.1) is 6.92 Å². The fourth-order valence-corrected chi connectivity index (χ4v) is 2.76. The second-order valence-corrected chi connectivity index (χ2v) is 6.11. The van der Waals surface area contributed by atoms with Crippen LogP contribution < -0.4 is 5.56 Å². The number of nitrogens with zero attached hydrogens (tertiary/aromatic N) is 1. The number of aromatic amines is 1. The quantitative estimate of drug-likeness (QED) is 0.674. The molecule has 0 aliphatic carbocycles. The van der Waals surface area contributed by atoms with Crippen molar-refractivity contribution in [3.05, 3.63) is 56.5 Å². The highest BCUT2D eigenvalue weighted by molar-refractivity contribution is 7.99. The SMILES string of the molecule is CCCSc1nc(C)c(Cc2ccc(Cl)cc2)c(=O)[nH]1. The van der Waals surface area contributed by atoms with Gasteiger partial charge in [0.2, 0.25) is 0 Å². The first-order valence-corrected chi connectivity index (χ1v) is 7.93. The highest BCUT2D eigenvalue weighted by Gasteiger charge is 2.09. The Hall–Kier alpha value is -1.26. The van der Waals surface area contributed by atoms with Crippen molar-refractivity contribution in [2.24, 2.45) is 0 Å². The van der Waals surface area contributed by atoms with Gasteiger partial charge >= 0.3 is 0 Å². The average molecular weight is 309 g/mol. The number of aromatic nitrogens is 2. The molecule has 1 heterocycles. The van der Waals surface area contributed by atoms with E-state index in [1.54, 1.807) is 11.8 Å². The lowest BCUT2D eigenvalue weighted by Crippen LogP contribution is -2.17. The Balaban J connectivity index is 2.24. The molecule has 1 aromatic carbocycles. The van der Waals surface area contributed by atoms with Crippen LogP contribution in [0.3, 0.4) is 0 Å². The third-order valence-electron chi connectivity index (χ3n) is 2.94. The van der Waals surface area contributed by atoms with Gasteiger partial charge in [0.1, 0.15) is 0 Å². The van der Waals surface area contributed by atoms with Gasteiger partial charge in [-0.1, -0.05) is 42.4 Å². The lowest BCUT2D eigenvalue weighted by Gasteiger charge is -2.07. The summed E-state index contributed by atoms with van der Waals surface area (Å²) in [6.07, 6.45) is 1.63. The Morgan fingerprint density at radius 1 is 1.30 bits per heavy atom. The lowest BCUT2D eigenvalue weighted by molar-refractivity contribution is 0.865. The molecule has 106 valence electrons. The maximum Gasteiger partial charge on any atom is 0.255 e. The summed E-state index contributed by atoms with van der Waals surface area (Å²) < 4.78 is 0. The molecule has 0 spiro atoms. The third-order valence-corrected chi connectivity index (χ3v) is 4.27. The minimum absolute atomic E-state index is 0.0500. The lowest BCUT2D eigenvalue weighted by atomic mass is 10.1. The Bertz CT molecular complexity index is 637. The van der Waals surface area contributed by atoms with Gasteiger partial charge in [-0.15, -0.1) is 0 Å². The molecular weight excluding hydrogens is 292 g/mol. The van der Waals surface area contributed by atoms with Crippen LogP contribution in [0.15, 0.2) is 34.2 Å². The minimum atomic E-state index is -0.0500. The van der Waals surface area contributed by atoms with Crippen LogP contribution in [-0.4, -0.2) is 15.7 Å². The maximum atomic E-state index is 12.2. The summed E-state index contributed by atoms with van der Waals surface area (Å²) in [5.41, 5.74) is 2.51. The van der Waals surface area contributed by atoms with Gasteiger partial charge < -0.3 is 4.98 Å². The van der Waals surface area contributed by atoms with Crippen molar-refractivity contribution < 1.29 is 0 Å². The Morgan fingerprint density at radius 3 is 2.60 bits per heavy atom. The normalized spacial score (nSPS) is 10.8. The van der Waals surface area contributed by atoms with Gasteiger partial charge in [-0.25, -0.2) is 4.98 Å². The minimum Gasteiger partial charge on any atom is -0.301 e. The van der Waals surface area contributed by atoms with Gasteiger partial charge in [-0.2, -0.15) is 0 Å². The number of thioether (sulfide) groups is 1. The molecule has 0 aliphatic rings. The van der Waals surface area contributed by atoms with Crippen molar-refractivity contribution >= 4 is 23.4 Å². The predicted octanol–water partition coefficient (Wildman–Crippen LogP) is 3.82. The van der Waals surface area contributed by atoms with E-state index in [1.807, 2.05) is 31.2 Å². The fourth-order valence-electron chi connectivity index (χ4n) is 1.87. The molecule has 0 bridgehead atoms. The average Bonchev–Trinajstić information content (AvgIpc) is 2.42. The van der Waals surface area contributed by atoms with Crippen molar-refractivity contribution in [3.63, 3.8) is 0 Å². The van der Waals surface area contributed by atoms with E-state index in [-0.39, 0.29) is 5.56 Å². The molecule has 1 aromatic heterocycles. The number of aryl methyl sites for hydroxylation is 1. The number of hydrogen-bond donors (Lipinski definition) is 1. The largest absolute Gasteiger partial charge is 0.301 e. The summed E-state index contributed by atoms with van der Waals surface area (Å²) in [5, 5.41) is 1.40. The van der Waals surface area contributed by atoms with E-state index in [0.717, 1.165) is 23.4 Å². The standard InChI is InChI=1S/C15H17ClN2OS/c1-3-8-20-15-17-10(2)13(14(19)18-15)9-11-4-6-12(16)7-5-11/h4-7H,3,8-9H2,1-2H3,(H,17,18,19). The van der Waals surface area contributed by atoms with Crippen LogP contribution in [0.2, 0.25) is 5.02 Å². The zero-order valence-electron chi connectivity index (χ0n) is 11.6. The van der Waals surface area contributed by atoms with E-state index in [4.69, 9.17) is 11.6 Å². The summed E-state index contributed by atoms with van der Waals surface area (Å²) in [6.45, 7) is 3.99. The molecule has 0 unspecified atom stereocenters. The zero-order chi connectivity index (χ0) is 14.5. The van der Waals surface area contributed by atoms with Gasteiger partial charge in [0.25, 0.3) is 5.56 Å². The molecule has 0 aliphatic heterocycles. The van der Waals surface area contributed by atoms with Crippen LogP contribution in [-0.2, 0) is 6.42 Å². The molecule has 0 radical (unpaired) electrons. The summed E-state index contributed by atoms with van der Waals surface area (Å²) in [7, 11) is 0. The molecule has 0 saturated heterocycles. The number of benzene rings is 1. The molecular formula is C15H17ClN2OS. The molecule has 5 heteroatoms. The second kappa shape index (κ2) is 6.95. The smallest absolute Gasteiger partial charge is 0.255 e. The van der Waals surface area contributed by atoms with Crippen LogP contribution in [0.1, 0.15) is 30.2 Å². The van der Waals surface area contributed by atoms with E-state index in [1.165, 1.54) is 0 Å². The maximum absolute atomic E-state index is 12.2. The number of rotatable bonds is 5. The Labute approximate surface area is 127 Å². The van der Waals surface area contributed by atoms with Crippen molar-refractivity contribution in [2.75, 3.05) is 5.75 Å². The number of halogens is 1. The zero-order valence-corrected chi connectivity index (χ0v) is 13.1. The van der Waals surface area contributed by atoms with Gasteiger partial charge in [0.15, 0.2) is 5.16 Å². The van der Waals surface area contributed by atoms with E-state index in [2.05, 4.69) is 16.9 Å². The Morgan fingerprint density at radius 2 is 2.00 bits per heavy atom. The molecule has 0 fully saturated rings. The first-order valence-electron chi connectivity index (χ1n) is 6.57. The fraction of sp³-hybridized carbons (Fsp3) is 0.333. The summed E-state index contributed by atoms with van der Waals surface area (Å²) in [5.74, 6) is 0.957. The molecule has 0 amide bonds. The molecule has 2 aromatic rings. The molecule has 3 nitrogen and oxygen atoms in total. The second-order valence-electron chi connectivity index (χ2n) is 4.59. The van der Waals surface area contributed by atoms with Crippen LogP contribution in [0.4, 0.5) is 0 Å². The highest BCUT2D eigenvalue weighted by Crippen LogP contribution is 2.16. The van der Waals surface area contributed by atoms with E-state index in [0.29, 0.717) is 22.2 Å². The van der Waals surface area contributed by atoms with Crippen molar-refractivity contribution in [3.8, 4) is 0 Å². The van der Waals surface area contributed by atoms with Gasteiger partial charge in [-0.3, -0.25) is 4.79 Å². The third kappa shape index (κ3) is 3.87. The van der Waals surface area contributed by atoms with Gasteiger partial charge in [-0.05, 0) is 31.0 Å². The number of nitrogens with one attached hydrogen (secondary N) is 1. The van der Waals surface area contributed by atoms with E-state index < -0.39 is 0 Å². The van der Waals surface area contributed by atoms with Gasteiger partial charge in [0, 0.05) is 28.5 Å². The monoisotopic (exact) mass is 308 g/mol. The highest BCUT2D eigenvalue weighted by atomic mass is 35.5. The predicted molar refractivity (Wildman–Crippen MR) is 84.9 cm³/mol. The number of hydrogen-bond acceptors (Lipinski definition) is 3. The number of H-pyrrole nitrogens is 1. The Kier molecular flexibility index (Phi) is 5.26. The van der Waals surface area contributed by atoms with Crippen LogP contribution in [0.5, 0.6) is 0 Å². The van der Waals surface area contributed by atoms with Crippen molar-refractivity contribution in [2.45, 2.75) is 31.8 Å². The molecule has 20 heavy (non-hydrogen) atoms. The molecule has 2 rings (SSSR count).